The van der Waals surface area contributed by atoms with Crippen molar-refractivity contribution in [3.63, 3.8) is 0 Å². The number of nitrogens with one attached hydrogen (secondary N) is 1. The number of carbonyl (C=O) groups is 1. The molecule has 0 fully saturated rings. The Balaban J connectivity index is 2.72. The molecule has 0 aliphatic heterocycles. The predicted octanol–water partition coefficient (Wildman–Crippen LogP) is 1.74. The lowest BCUT2D eigenvalue weighted by atomic mass is 10.2. The maximum Gasteiger partial charge on any atom is 0.407 e. The fourth-order valence-corrected chi connectivity index (χ4v) is 1.55. The second-order valence-electron chi connectivity index (χ2n) is 5.58. The molecule has 0 aromatic carbocycles. The van der Waals surface area contributed by atoms with Crippen LogP contribution < -0.4 is 11.0 Å². The summed E-state index contributed by atoms with van der Waals surface area (Å²) in [6.07, 6.45) is -1.50. The smallest absolute Gasteiger partial charge is 0.407 e. The van der Waals surface area contributed by atoms with Gasteiger partial charge in [0.25, 0.3) is 6.08 Å². The van der Waals surface area contributed by atoms with E-state index < -0.39 is 42.1 Å². The molecule has 1 heterocycles. The second-order valence-corrected chi connectivity index (χ2v) is 5.58. The number of rotatable bonds is 5. The summed E-state index contributed by atoms with van der Waals surface area (Å²) in [7, 11) is 0. The van der Waals surface area contributed by atoms with E-state index in [4.69, 9.17) is 4.74 Å². The monoisotopic (exact) mass is 318 g/mol. The summed E-state index contributed by atoms with van der Waals surface area (Å²) in [6.45, 7) is 6.30. The number of halogens is 2. The van der Waals surface area contributed by atoms with Crippen LogP contribution in [0.1, 0.15) is 27.7 Å². The Bertz CT molecular complexity index is 610. The Kier molecular flexibility index (Phi) is 5.84. The number of hydrogen-bond donors (Lipinski definition) is 1. The lowest BCUT2D eigenvalue weighted by Crippen LogP contribution is -2.35. The van der Waals surface area contributed by atoms with E-state index in [0.29, 0.717) is 6.54 Å². The summed E-state index contributed by atoms with van der Waals surface area (Å²) in [5, 5.41) is 5.98. The summed E-state index contributed by atoms with van der Waals surface area (Å²) < 4.78 is 33.0. The third kappa shape index (κ3) is 5.30. The molecule has 0 aliphatic carbocycles. The van der Waals surface area contributed by atoms with Crippen molar-refractivity contribution in [2.75, 3.05) is 6.54 Å². The molecule has 1 aromatic rings. The first-order valence-electron chi connectivity index (χ1n) is 6.76. The number of alkyl carbamates (subject to hydrolysis) is 1. The number of nitrogens with zero attached hydrogens (tertiary/aromatic N) is 3. The topological polar surface area (TPSA) is 78.2 Å². The Morgan fingerprint density at radius 1 is 1.41 bits per heavy atom. The molecule has 9 heteroatoms. The van der Waals surface area contributed by atoms with Crippen molar-refractivity contribution in [3.8, 4) is 0 Å². The molecule has 22 heavy (non-hydrogen) atoms. The van der Waals surface area contributed by atoms with Crippen molar-refractivity contribution in [3.05, 3.63) is 28.5 Å². The Morgan fingerprint density at radius 2 is 2.05 bits per heavy atom. The molecule has 1 aromatic heterocycles. The highest BCUT2D eigenvalue weighted by molar-refractivity contribution is 5.68. The third-order valence-electron chi connectivity index (χ3n) is 2.59. The average Bonchev–Trinajstić information content (AvgIpc) is 2.72. The van der Waals surface area contributed by atoms with Gasteiger partial charge in [-0.1, -0.05) is 0 Å². The first kappa shape index (κ1) is 17.9. The number of amides is 1. The average molecular weight is 318 g/mol. The molecule has 124 valence electrons. The zero-order valence-electron chi connectivity index (χ0n) is 13.0. The van der Waals surface area contributed by atoms with Gasteiger partial charge in [-0.3, -0.25) is 4.57 Å². The lowest BCUT2D eigenvalue weighted by Gasteiger charge is -2.19. The van der Waals surface area contributed by atoms with Crippen molar-refractivity contribution >= 4 is 6.09 Å². The summed E-state index contributed by atoms with van der Waals surface area (Å²) >= 11 is 0. The molecule has 1 rings (SSSR count). The van der Waals surface area contributed by atoms with Gasteiger partial charge in [-0.05, 0) is 27.7 Å². The van der Waals surface area contributed by atoms with Crippen LogP contribution in [0.25, 0.3) is 0 Å². The van der Waals surface area contributed by atoms with E-state index in [-0.39, 0.29) is 0 Å². The quantitative estimate of drug-likeness (QED) is 0.897. The van der Waals surface area contributed by atoms with E-state index in [2.05, 4.69) is 10.4 Å². The van der Waals surface area contributed by atoms with E-state index in [1.54, 1.807) is 27.7 Å². The molecule has 7 nitrogen and oxygen atoms in total. The molecule has 0 saturated heterocycles. The van der Waals surface area contributed by atoms with Crippen LogP contribution in [0, 0.1) is 0 Å². The molecule has 0 spiro atoms. The number of ether oxygens (including phenoxy) is 1. The minimum atomic E-state index is -1.96. The van der Waals surface area contributed by atoms with Crippen LogP contribution in [0.3, 0.4) is 0 Å². The van der Waals surface area contributed by atoms with E-state index >= 15 is 0 Å². The van der Waals surface area contributed by atoms with Crippen molar-refractivity contribution in [1.29, 1.82) is 0 Å². The van der Waals surface area contributed by atoms with E-state index in [0.717, 1.165) is 4.68 Å². The Labute approximate surface area is 126 Å². The normalized spacial score (nSPS) is 11.2. The highest BCUT2D eigenvalue weighted by atomic mass is 19.3. The molecule has 0 bridgehead atoms. The molecule has 1 amide bonds. The molecule has 0 saturated carbocycles. The van der Waals surface area contributed by atoms with Crippen molar-refractivity contribution < 1.29 is 18.3 Å². The van der Waals surface area contributed by atoms with E-state index in [9.17, 15) is 18.4 Å². The van der Waals surface area contributed by atoms with Gasteiger partial charge in [0.1, 0.15) is 11.9 Å². The Hall–Kier alpha value is -2.19. The molecular weight excluding hydrogens is 298 g/mol. The van der Waals surface area contributed by atoms with Crippen LogP contribution in [-0.2, 0) is 17.8 Å². The van der Waals surface area contributed by atoms with E-state index in [1.807, 2.05) is 0 Å². The van der Waals surface area contributed by atoms with Gasteiger partial charge in [0.2, 0.25) is 0 Å². The first-order valence-corrected chi connectivity index (χ1v) is 6.76. The first-order chi connectivity index (χ1) is 10.1. The zero-order chi connectivity index (χ0) is 16.9. The van der Waals surface area contributed by atoms with Gasteiger partial charge in [-0.15, -0.1) is 0 Å². The minimum Gasteiger partial charge on any atom is -0.444 e. The van der Waals surface area contributed by atoms with Gasteiger partial charge >= 0.3 is 11.8 Å². The van der Waals surface area contributed by atoms with Crippen molar-refractivity contribution in [2.45, 2.75) is 46.4 Å². The summed E-state index contributed by atoms with van der Waals surface area (Å²) in [5.74, 6) is 0. The highest BCUT2D eigenvalue weighted by Gasteiger charge is 2.18. The molecule has 1 N–H and O–H groups in total. The zero-order valence-corrected chi connectivity index (χ0v) is 13.0. The van der Waals surface area contributed by atoms with Gasteiger partial charge in [0, 0.05) is 18.7 Å². The second kappa shape index (κ2) is 7.19. The fraction of sp³-hybridized carbons (Fsp3) is 0.615. The van der Waals surface area contributed by atoms with Crippen molar-refractivity contribution in [2.24, 2.45) is 0 Å². The van der Waals surface area contributed by atoms with Crippen LogP contribution in [0.4, 0.5) is 13.6 Å². The van der Waals surface area contributed by atoms with Gasteiger partial charge in [0.05, 0.1) is 6.54 Å². The minimum absolute atomic E-state index is 0.395. The molecule has 0 aliphatic rings. The third-order valence-corrected chi connectivity index (χ3v) is 2.59. The number of hydrogen-bond acceptors (Lipinski definition) is 4. The predicted molar refractivity (Wildman–Crippen MR) is 75.6 cm³/mol. The van der Waals surface area contributed by atoms with Gasteiger partial charge in [-0.25, -0.2) is 14.3 Å². The maximum atomic E-state index is 12.9. The van der Waals surface area contributed by atoms with Crippen LogP contribution in [-0.4, -0.2) is 32.6 Å². The number of aryl methyl sites for hydroxylation is 1. The molecular formula is C13H20F2N4O3. The van der Waals surface area contributed by atoms with Gasteiger partial charge in [0.15, 0.2) is 0 Å². The number of aromatic nitrogens is 3. The van der Waals surface area contributed by atoms with Crippen molar-refractivity contribution in [1.82, 2.24) is 19.7 Å². The lowest BCUT2D eigenvalue weighted by molar-refractivity contribution is 0.0531. The summed E-state index contributed by atoms with van der Waals surface area (Å²) in [6, 6.07) is 0. The van der Waals surface area contributed by atoms with Crippen LogP contribution in [0.15, 0.2) is 22.8 Å². The van der Waals surface area contributed by atoms with Gasteiger partial charge < -0.3 is 10.1 Å². The molecule has 0 radical (unpaired) electrons. The Morgan fingerprint density at radius 3 is 2.50 bits per heavy atom. The SMILES string of the molecule is CCn1cnn(CC(CNC(=O)OC(C)(C)C)=C(F)F)c1=O. The molecule has 0 unspecified atom stereocenters. The standard InChI is InChI=1S/C13H20F2N4O3/c1-5-18-8-17-19(12(18)21)7-9(10(14)15)6-16-11(20)22-13(2,3)4/h8H,5-7H2,1-4H3,(H,16,20). The fourth-order valence-electron chi connectivity index (χ4n) is 1.55. The van der Waals surface area contributed by atoms with Gasteiger partial charge in [-0.2, -0.15) is 13.9 Å². The summed E-state index contributed by atoms with van der Waals surface area (Å²) in [4.78, 5) is 23.2. The number of carbonyl (C=O) groups excluding carboxylic acids is 1. The van der Waals surface area contributed by atoms with Crippen LogP contribution in [0.2, 0.25) is 0 Å². The maximum absolute atomic E-state index is 12.9. The largest absolute Gasteiger partial charge is 0.444 e. The van der Waals surface area contributed by atoms with E-state index in [1.165, 1.54) is 10.9 Å². The van der Waals surface area contributed by atoms with Crippen LogP contribution >= 0.6 is 0 Å². The van der Waals surface area contributed by atoms with Crippen LogP contribution in [0.5, 0.6) is 0 Å². The molecule has 0 atom stereocenters. The highest BCUT2D eigenvalue weighted by Crippen LogP contribution is 2.10. The summed E-state index contributed by atoms with van der Waals surface area (Å²) in [5.41, 5.74) is -1.62.